The SMILES string of the molecule is CCc1ccc(C2CC(NC)c3ccc(OC)cc3O2)s1. The number of hydrogen-bond acceptors (Lipinski definition) is 4. The number of hydrogen-bond donors (Lipinski definition) is 1. The van der Waals surface area contributed by atoms with Gasteiger partial charge in [-0.3, -0.25) is 0 Å². The molecule has 1 aliphatic rings. The summed E-state index contributed by atoms with van der Waals surface area (Å²) in [5, 5.41) is 3.40. The lowest BCUT2D eigenvalue weighted by atomic mass is 9.96. The third kappa shape index (κ3) is 2.78. The van der Waals surface area contributed by atoms with Gasteiger partial charge in [0.15, 0.2) is 0 Å². The maximum Gasteiger partial charge on any atom is 0.135 e. The second-order valence-corrected chi connectivity index (χ2v) is 6.44. The molecule has 112 valence electrons. The van der Waals surface area contributed by atoms with Crippen LogP contribution < -0.4 is 14.8 Å². The van der Waals surface area contributed by atoms with Crippen molar-refractivity contribution in [2.45, 2.75) is 31.9 Å². The molecule has 3 rings (SSSR count). The molecule has 2 heterocycles. The molecule has 0 amide bonds. The van der Waals surface area contributed by atoms with Crippen LogP contribution >= 0.6 is 11.3 Å². The fourth-order valence-electron chi connectivity index (χ4n) is 2.78. The first kappa shape index (κ1) is 14.4. The van der Waals surface area contributed by atoms with Gasteiger partial charge in [-0.2, -0.15) is 0 Å². The molecule has 0 saturated heterocycles. The Morgan fingerprint density at radius 3 is 2.86 bits per heavy atom. The monoisotopic (exact) mass is 303 g/mol. The van der Waals surface area contributed by atoms with E-state index in [9.17, 15) is 0 Å². The van der Waals surface area contributed by atoms with Gasteiger partial charge in [0.2, 0.25) is 0 Å². The zero-order valence-corrected chi connectivity index (χ0v) is 13.5. The molecular formula is C17H21NO2S. The zero-order chi connectivity index (χ0) is 14.8. The molecule has 0 bridgehead atoms. The van der Waals surface area contributed by atoms with E-state index in [0.717, 1.165) is 24.3 Å². The van der Waals surface area contributed by atoms with Crippen molar-refractivity contribution in [1.29, 1.82) is 0 Å². The average molecular weight is 303 g/mol. The minimum absolute atomic E-state index is 0.118. The normalized spacial score (nSPS) is 20.7. The molecule has 4 heteroatoms. The number of methoxy groups -OCH3 is 1. The Kier molecular flexibility index (Phi) is 4.17. The quantitative estimate of drug-likeness (QED) is 0.922. The van der Waals surface area contributed by atoms with Gasteiger partial charge >= 0.3 is 0 Å². The Labute approximate surface area is 129 Å². The lowest BCUT2D eigenvalue weighted by Gasteiger charge is -2.32. The van der Waals surface area contributed by atoms with Crippen LogP contribution in [0.2, 0.25) is 0 Å². The third-order valence-corrected chi connectivity index (χ3v) is 5.33. The van der Waals surface area contributed by atoms with Crippen molar-refractivity contribution in [2.75, 3.05) is 14.2 Å². The van der Waals surface area contributed by atoms with Gasteiger partial charge in [-0.05, 0) is 31.7 Å². The van der Waals surface area contributed by atoms with E-state index in [1.165, 1.54) is 15.3 Å². The number of nitrogens with one attached hydrogen (secondary N) is 1. The number of ether oxygens (including phenoxy) is 2. The predicted octanol–water partition coefficient (Wildman–Crippen LogP) is 4.10. The van der Waals surface area contributed by atoms with Crippen molar-refractivity contribution in [3.8, 4) is 11.5 Å². The standard InChI is InChI=1S/C17H21NO2S/c1-4-12-6-8-17(21-12)16-10-14(18-2)13-7-5-11(19-3)9-15(13)20-16/h5-9,14,16,18H,4,10H2,1-3H3. The highest BCUT2D eigenvalue weighted by molar-refractivity contribution is 7.12. The summed E-state index contributed by atoms with van der Waals surface area (Å²) in [5.41, 5.74) is 1.21. The highest BCUT2D eigenvalue weighted by Crippen LogP contribution is 2.43. The van der Waals surface area contributed by atoms with Gasteiger partial charge < -0.3 is 14.8 Å². The van der Waals surface area contributed by atoms with Crippen LogP contribution in [0.25, 0.3) is 0 Å². The maximum atomic E-state index is 6.24. The fraction of sp³-hybridized carbons (Fsp3) is 0.412. The maximum absolute atomic E-state index is 6.24. The van der Waals surface area contributed by atoms with Gasteiger partial charge in [0, 0.05) is 33.8 Å². The van der Waals surface area contributed by atoms with E-state index in [4.69, 9.17) is 9.47 Å². The first-order chi connectivity index (χ1) is 10.2. The molecule has 1 aliphatic heterocycles. The molecule has 0 saturated carbocycles. The van der Waals surface area contributed by atoms with E-state index in [0.29, 0.717) is 6.04 Å². The van der Waals surface area contributed by atoms with Crippen LogP contribution in [-0.4, -0.2) is 14.2 Å². The van der Waals surface area contributed by atoms with Crippen LogP contribution in [0.3, 0.4) is 0 Å². The van der Waals surface area contributed by atoms with Crippen molar-refractivity contribution in [2.24, 2.45) is 0 Å². The van der Waals surface area contributed by atoms with Gasteiger partial charge in [0.25, 0.3) is 0 Å². The van der Waals surface area contributed by atoms with Gasteiger partial charge in [0.1, 0.15) is 17.6 Å². The fourth-order valence-corrected chi connectivity index (χ4v) is 3.77. The van der Waals surface area contributed by atoms with Crippen molar-refractivity contribution < 1.29 is 9.47 Å². The molecule has 0 aliphatic carbocycles. The smallest absolute Gasteiger partial charge is 0.135 e. The van der Waals surface area contributed by atoms with Gasteiger partial charge in [-0.15, -0.1) is 11.3 Å². The Hall–Kier alpha value is -1.52. The van der Waals surface area contributed by atoms with Crippen molar-refractivity contribution >= 4 is 11.3 Å². The van der Waals surface area contributed by atoms with E-state index in [1.807, 2.05) is 30.5 Å². The van der Waals surface area contributed by atoms with Crippen molar-refractivity contribution in [3.05, 3.63) is 45.6 Å². The molecule has 0 spiro atoms. The molecule has 1 aromatic carbocycles. The summed E-state index contributed by atoms with van der Waals surface area (Å²) in [6.07, 6.45) is 2.16. The lowest BCUT2D eigenvalue weighted by molar-refractivity contribution is 0.156. The molecule has 2 aromatic rings. The summed E-state index contributed by atoms with van der Waals surface area (Å²) >= 11 is 1.85. The van der Waals surface area contributed by atoms with E-state index in [-0.39, 0.29) is 6.10 Å². The summed E-state index contributed by atoms with van der Waals surface area (Å²) in [5.74, 6) is 1.76. The number of aryl methyl sites for hydroxylation is 1. The second-order valence-electron chi connectivity index (χ2n) is 5.24. The molecule has 1 N–H and O–H groups in total. The Morgan fingerprint density at radius 2 is 2.19 bits per heavy atom. The summed E-state index contributed by atoms with van der Waals surface area (Å²) < 4.78 is 11.6. The topological polar surface area (TPSA) is 30.5 Å². The molecule has 0 radical (unpaired) electrons. The highest BCUT2D eigenvalue weighted by atomic mass is 32.1. The number of thiophene rings is 1. The molecule has 21 heavy (non-hydrogen) atoms. The summed E-state index contributed by atoms with van der Waals surface area (Å²) in [6, 6.07) is 10.8. The molecule has 2 atom stereocenters. The van der Waals surface area contributed by atoms with E-state index >= 15 is 0 Å². The molecular weight excluding hydrogens is 282 g/mol. The molecule has 1 aromatic heterocycles. The summed E-state index contributed by atoms with van der Waals surface area (Å²) in [4.78, 5) is 2.71. The van der Waals surface area contributed by atoms with Gasteiger partial charge in [-0.25, -0.2) is 0 Å². The van der Waals surface area contributed by atoms with Crippen LogP contribution in [0.15, 0.2) is 30.3 Å². The first-order valence-corrected chi connectivity index (χ1v) is 8.17. The van der Waals surface area contributed by atoms with Crippen LogP contribution in [0.5, 0.6) is 11.5 Å². The van der Waals surface area contributed by atoms with Crippen LogP contribution in [0.4, 0.5) is 0 Å². The molecule has 2 unspecified atom stereocenters. The predicted molar refractivity (Wildman–Crippen MR) is 86.5 cm³/mol. The average Bonchev–Trinajstić information content (AvgIpc) is 3.02. The molecule has 0 fully saturated rings. The van der Waals surface area contributed by atoms with Crippen molar-refractivity contribution in [3.63, 3.8) is 0 Å². The Morgan fingerprint density at radius 1 is 1.33 bits per heavy atom. The van der Waals surface area contributed by atoms with E-state index < -0.39 is 0 Å². The minimum atomic E-state index is 0.118. The highest BCUT2D eigenvalue weighted by Gasteiger charge is 2.29. The number of rotatable bonds is 4. The summed E-state index contributed by atoms with van der Waals surface area (Å²) in [6.45, 7) is 2.19. The van der Waals surface area contributed by atoms with Gasteiger partial charge in [-0.1, -0.05) is 13.0 Å². The first-order valence-electron chi connectivity index (χ1n) is 7.35. The lowest BCUT2D eigenvalue weighted by Crippen LogP contribution is -2.26. The second kappa shape index (κ2) is 6.08. The number of fused-ring (bicyclic) bond motifs is 1. The molecule has 3 nitrogen and oxygen atoms in total. The van der Waals surface area contributed by atoms with Crippen LogP contribution in [-0.2, 0) is 6.42 Å². The van der Waals surface area contributed by atoms with E-state index in [1.54, 1.807) is 7.11 Å². The van der Waals surface area contributed by atoms with Crippen LogP contribution in [0, 0.1) is 0 Å². The largest absolute Gasteiger partial charge is 0.497 e. The van der Waals surface area contributed by atoms with Crippen molar-refractivity contribution in [1.82, 2.24) is 5.32 Å². The number of benzene rings is 1. The minimum Gasteiger partial charge on any atom is -0.497 e. The summed E-state index contributed by atoms with van der Waals surface area (Å²) in [7, 11) is 3.69. The Bertz CT molecular complexity index is 623. The zero-order valence-electron chi connectivity index (χ0n) is 12.7. The third-order valence-electron chi connectivity index (χ3n) is 4.01. The van der Waals surface area contributed by atoms with Gasteiger partial charge in [0.05, 0.1) is 7.11 Å². The van der Waals surface area contributed by atoms with Crippen LogP contribution in [0.1, 0.15) is 40.8 Å². The Balaban J connectivity index is 1.92. The van der Waals surface area contributed by atoms with E-state index in [2.05, 4.69) is 30.4 Å².